The van der Waals surface area contributed by atoms with E-state index in [2.05, 4.69) is 4.74 Å². The van der Waals surface area contributed by atoms with Gasteiger partial charge in [-0.3, -0.25) is 9.59 Å². The fourth-order valence-corrected chi connectivity index (χ4v) is 1.22. The first-order chi connectivity index (χ1) is 6.65. The number of esters is 1. The second-order valence-electron chi connectivity index (χ2n) is 3.00. The number of ketones is 1. The van der Waals surface area contributed by atoms with Gasteiger partial charge in [0.05, 0.1) is 13.4 Å². The molecule has 1 aromatic heterocycles. The zero-order valence-corrected chi connectivity index (χ0v) is 8.15. The Hall–Kier alpha value is -1.58. The molecular formula is C10H12O4. The Morgan fingerprint density at radius 2 is 2.29 bits per heavy atom. The molecule has 1 heterocycles. The number of hydrogen-bond acceptors (Lipinski definition) is 4. The third-order valence-corrected chi connectivity index (χ3v) is 1.86. The monoisotopic (exact) mass is 196 g/mol. The first-order valence-electron chi connectivity index (χ1n) is 4.25. The van der Waals surface area contributed by atoms with E-state index in [1.807, 2.05) is 0 Å². The molecule has 1 aromatic rings. The highest BCUT2D eigenvalue weighted by Gasteiger charge is 2.25. The highest BCUT2D eigenvalue weighted by molar-refractivity contribution is 5.85. The smallest absolute Gasteiger partial charge is 0.316 e. The van der Waals surface area contributed by atoms with Gasteiger partial charge in [-0.25, -0.2) is 0 Å². The quantitative estimate of drug-likeness (QED) is 0.685. The molecule has 0 radical (unpaired) electrons. The first-order valence-corrected chi connectivity index (χ1v) is 4.25. The lowest BCUT2D eigenvalue weighted by Gasteiger charge is -2.09. The molecule has 0 aromatic carbocycles. The van der Waals surface area contributed by atoms with Gasteiger partial charge in [0.15, 0.2) is 0 Å². The van der Waals surface area contributed by atoms with Crippen molar-refractivity contribution in [1.29, 1.82) is 0 Å². The van der Waals surface area contributed by atoms with E-state index in [1.165, 1.54) is 20.3 Å². The predicted octanol–water partition coefficient (Wildman–Crippen LogP) is 1.52. The molecule has 0 bridgehead atoms. The van der Waals surface area contributed by atoms with E-state index in [-0.39, 0.29) is 12.2 Å². The van der Waals surface area contributed by atoms with E-state index in [9.17, 15) is 9.59 Å². The third-order valence-electron chi connectivity index (χ3n) is 1.86. The van der Waals surface area contributed by atoms with Crippen molar-refractivity contribution in [3.05, 3.63) is 24.2 Å². The molecule has 0 aliphatic heterocycles. The molecule has 1 rings (SSSR count). The summed E-state index contributed by atoms with van der Waals surface area (Å²) in [6.45, 7) is 1.43. The van der Waals surface area contributed by atoms with Gasteiger partial charge < -0.3 is 9.15 Å². The Bertz CT molecular complexity index is 313. The number of furan rings is 1. The maximum absolute atomic E-state index is 11.3. The van der Waals surface area contributed by atoms with Crippen LogP contribution in [-0.2, 0) is 14.3 Å². The predicted molar refractivity (Wildman–Crippen MR) is 48.8 cm³/mol. The van der Waals surface area contributed by atoms with E-state index in [0.29, 0.717) is 5.76 Å². The number of carbonyl (C=O) groups is 2. The number of ether oxygens (including phenoxy) is 1. The van der Waals surface area contributed by atoms with Gasteiger partial charge in [0.1, 0.15) is 17.5 Å². The minimum Gasteiger partial charge on any atom is -0.468 e. The molecule has 0 fully saturated rings. The SMILES string of the molecule is COC(=O)C(CC(C)=O)c1ccco1. The first kappa shape index (κ1) is 10.5. The lowest BCUT2D eigenvalue weighted by molar-refractivity contribution is -0.144. The molecule has 4 nitrogen and oxygen atoms in total. The molecule has 1 unspecified atom stereocenters. The van der Waals surface area contributed by atoms with Gasteiger partial charge in [-0.2, -0.15) is 0 Å². The lowest BCUT2D eigenvalue weighted by Crippen LogP contribution is -2.16. The average Bonchev–Trinajstić information content (AvgIpc) is 2.65. The third kappa shape index (κ3) is 2.45. The lowest BCUT2D eigenvalue weighted by atomic mass is 10.0. The van der Waals surface area contributed by atoms with E-state index in [1.54, 1.807) is 12.1 Å². The zero-order chi connectivity index (χ0) is 10.6. The van der Waals surface area contributed by atoms with Crippen LogP contribution in [-0.4, -0.2) is 18.9 Å². The van der Waals surface area contributed by atoms with Crippen LogP contribution in [0.5, 0.6) is 0 Å². The Balaban J connectivity index is 2.82. The summed E-state index contributed by atoms with van der Waals surface area (Å²) >= 11 is 0. The molecule has 0 saturated carbocycles. The van der Waals surface area contributed by atoms with Gasteiger partial charge in [-0.05, 0) is 19.1 Å². The second kappa shape index (κ2) is 4.60. The van der Waals surface area contributed by atoms with Crippen molar-refractivity contribution < 1.29 is 18.7 Å². The Morgan fingerprint density at radius 1 is 1.57 bits per heavy atom. The largest absolute Gasteiger partial charge is 0.468 e. The molecule has 0 N–H and O–H groups in total. The summed E-state index contributed by atoms with van der Waals surface area (Å²) in [4.78, 5) is 22.2. The Labute approximate surface area is 81.9 Å². The summed E-state index contributed by atoms with van der Waals surface area (Å²) in [5, 5.41) is 0. The topological polar surface area (TPSA) is 56.5 Å². The van der Waals surface area contributed by atoms with Crippen molar-refractivity contribution in [3.8, 4) is 0 Å². The average molecular weight is 196 g/mol. The molecule has 0 aliphatic carbocycles. The summed E-state index contributed by atoms with van der Waals surface area (Å²) in [5.74, 6) is -0.675. The number of rotatable bonds is 4. The normalized spacial score (nSPS) is 12.1. The summed E-state index contributed by atoms with van der Waals surface area (Å²) in [5.41, 5.74) is 0. The molecule has 0 aliphatic rings. The van der Waals surface area contributed by atoms with Crippen LogP contribution in [0.3, 0.4) is 0 Å². The maximum atomic E-state index is 11.3. The number of Topliss-reactive ketones (excluding diaryl/α,β-unsaturated/α-hetero) is 1. The molecule has 1 atom stereocenters. The van der Waals surface area contributed by atoms with Crippen molar-refractivity contribution in [2.75, 3.05) is 7.11 Å². The zero-order valence-electron chi connectivity index (χ0n) is 8.15. The highest BCUT2D eigenvalue weighted by atomic mass is 16.5. The minimum absolute atomic E-state index is 0.0724. The van der Waals surface area contributed by atoms with Crippen LogP contribution in [0.1, 0.15) is 25.0 Å². The highest BCUT2D eigenvalue weighted by Crippen LogP contribution is 2.21. The fraction of sp³-hybridized carbons (Fsp3) is 0.400. The van der Waals surface area contributed by atoms with Crippen LogP contribution in [0.15, 0.2) is 22.8 Å². The van der Waals surface area contributed by atoms with E-state index in [4.69, 9.17) is 4.42 Å². The number of methoxy groups -OCH3 is 1. The second-order valence-corrected chi connectivity index (χ2v) is 3.00. The molecular weight excluding hydrogens is 184 g/mol. The summed E-state index contributed by atoms with van der Waals surface area (Å²) in [6.07, 6.45) is 1.57. The Kier molecular flexibility index (Phi) is 3.45. The van der Waals surface area contributed by atoms with Crippen LogP contribution in [0.2, 0.25) is 0 Å². The van der Waals surface area contributed by atoms with E-state index >= 15 is 0 Å². The van der Waals surface area contributed by atoms with Crippen molar-refractivity contribution in [2.24, 2.45) is 0 Å². The standard InChI is InChI=1S/C10H12O4/c1-7(11)6-8(10(12)13-2)9-4-3-5-14-9/h3-5,8H,6H2,1-2H3. The molecule has 14 heavy (non-hydrogen) atoms. The van der Waals surface area contributed by atoms with Crippen molar-refractivity contribution in [1.82, 2.24) is 0 Å². The van der Waals surface area contributed by atoms with Crippen LogP contribution >= 0.6 is 0 Å². The maximum Gasteiger partial charge on any atom is 0.316 e. The van der Waals surface area contributed by atoms with Crippen LogP contribution in [0.25, 0.3) is 0 Å². The van der Waals surface area contributed by atoms with Crippen molar-refractivity contribution in [2.45, 2.75) is 19.3 Å². The van der Waals surface area contributed by atoms with E-state index < -0.39 is 11.9 Å². The van der Waals surface area contributed by atoms with Gasteiger partial charge in [-0.1, -0.05) is 0 Å². The minimum atomic E-state index is -0.618. The van der Waals surface area contributed by atoms with Gasteiger partial charge in [0.25, 0.3) is 0 Å². The molecule has 76 valence electrons. The van der Waals surface area contributed by atoms with Gasteiger partial charge in [0, 0.05) is 6.42 Å². The molecule has 0 spiro atoms. The molecule has 0 saturated heterocycles. The van der Waals surface area contributed by atoms with Gasteiger partial charge in [-0.15, -0.1) is 0 Å². The Morgan fingerprint density at radius 3 is 2.71 bits per heavy atom. The van der Waals surface area contributed by atoms with Crippen molar-refractivity contribution in [3.63, 3.8) is 0 Å². The number of carbonyl (C=O) groups excluding carboxylic acids is 2. The van der Waals surface area contributed by atoms with Crippen molar-refractivity contribution >= 4 is 11.8 Å². The van der Waals surface area contributed by atoms with Gasteiger partial charge >= 0.3 is 5.97 Å². The summed E-state index contributed by atoms with van der Waals surface area (Å²) in [7, 11) is 1.29. The van der Waals surface area contributed by atoms with Gasteiger partial charge in [0.2, 0.25) is 0 Å². The fourth-order valence-electron chi connectivity index (χ4n) is 1.22. The van der Waals surface area contributed by atoms with Crippen LogP contribution < -0.4 is 0 Å². The van der Waals surface area contributed by atoms with Crippen LogP contribution in [0, 0.1) is 0 Å². The molecule has 0 amide bonds. The van der Waals surface area contributed by atoms with Crippen LogP contribution in [0.4, 0.5) is 0 Å². The summed E-state index contributed by atoms with van der Waals surface area (Å²) in [6, 6.07) is 3.33. The number of hydrogen-bond donors (Lipinski definition) is 0. The van der Waals surface area contributed by atoms with E-state index in [0.717, 1.165) is 0 Å². The summed E-state index contributed by atoms with van der Waals surface area (Å²) < 4.78 is 9.65. The molecule has 4 heteroatoms.